The summed E-state index contributed by atoms with van der Waals surface area (Å²) in [6.07, 6.45) is 4.00. The number of hydrogen-bond acceptors (Lipinski definition) is 4. The molecule has 126 valence electrons. The van der Waals surface area contributed by atoms with Crippen LogP contribution in [0.25, 0.3) is 0 Å². The van der Waals surface area contributed by atoms with Gasteiger partial charge in [-0.05, 0) is 36.2 Å². The van der Waals surface area contributed by atoms with Gasteiger partial charge in [0.15, 0.2) is 18.9 Å². The predicted octanol–water partition coefficient (Wildman–Crippen LogP) is 1.64. The first-order valence-corrected chi connectivity index (χ1v) is 8.45. The number of nitrogens with zero attached hydrogens (tertiary/aromatic N) is 1. The summed E-state index contributed by atoms with van der Waals surface area (Å²) in [5, 5.41) is 0. The minimum absolute atomic E-state index is 0. The molecule has 23 heavy (non-hydrogen) atoms. The molecule has 0 saturated heterocycles. The van der Waals surface area contributed by atoms with E-state index in [9.17, 15) is 8.42 Å². The van der Waals surface area contributed by atoms with Crippen molar-refractivity contribution in [3.8, 4) is 5.75 Å². The van der Waals surface area contributed by atoms with Crippen molar-refractivity contribution in [2.75, 3.05) is 18.1 Å². The highest BCUT2D eigenvalue weighted by Gasteiger charge is 2.07. The lowest BCUT2D eigenvalue weighted by Gasteiger charge is -2.04. The van der Waals surface area contributed by atoms with Crippen molar-refractivity contribution >= 4 is 32.8 Å². The van der Waals surface area contributed by atoms with E-state index in [-0.39, 0.29) is 22.7 Å². The van der Waals surface area contributed by atoms with E-state index in [1.807, 2.05) is 41.2 Å². The topological polar surface area (TPSA) is 93.5 Å². The van der Waals surface area contributed by atoms with Gasteiger partial charge in [-0.1, -0.05) is 0 Å². The smallest absolute Gasteiger partial charge is 0.265 e. The highest BCUT2D eigenvalue weighted by molar-refractivity contribution is 8.93. The van der Waals surface area contributed by atoms with Crippen LogP contribution in [-0.4, -0.2) is 25.3 Å². The molecule has 0 aliphatic rings. The fourth-order valence-corrected chi connectivity index (χ4v) is 2.38. The second kappa shape index (κ2) is 8.85. The zero-order valence-corrected chi connectivity index (χ0v) is 15.0. The molecule has 1 aromatic carbocycles. The Morgan fingerprint density at radius 2 is 1.70 bits per heavy atom. The fourth-order valence-electron chi connectivity index (χ4n) is 1.88. The van der Waals surface area contributed by atoms with E-state index >= 15 is 0 Å². The Labute approximate surface area is 146 Å². The molecule has 2 aromatic rings. The van der Waals surface area contributed by atoms with Gasteiger partial charge in [-0.25, -0.2) is 4.57 Å². The first kappa shape index (κ1) is 19.4. The van der Waals surface area contributed by atoms with Crippen molar-refractivity contribution in [1.29, 1.82) is 0 Å². The Balaban J connectivity index is 0.00000264. The lowest BCUT2D eigenvalue weighted by Crippen LogP contribution is -2.35. The Bertz CT molecular complexity index is 703. The van der Waals surface area contributed by atoms with Gasteiger partial charge in [0.05, 0.1) is 5.75 Å². The molecule has 1 heterocycles. The molecule has 0 atom stereocenters. The second-order valence-corrected chi connectivity index (χ2v) is 6.47. The third kappa shape index (κ3) is 7.45. The van der Waals surface area contributed by atoms with Crippen LogP contribution in [0.3, 0.4) is 0 Å². The van der Waals surface area contributed by atoms with Crippen LogP contribution in [0.2, 0.25) is 0 Å². The zero-order valence-electron chi connectivity index (χ0n) is 12.5. The quantitative estimate of drug-likeness (QED) is 0.416. The first-order valence-electron chi connectivity index (χ1n) is 6.84. The van der Waals surface area contributed by atoms with Crippen molar-refractivity contribution in [2.24, 2.45) is 0 Å². The van der Waals surface area contributed by atoms with Gasteiger partial charge in [0.1, 0.15) is 12.4 Å². The van der Waals surface area contributed by atoms with E-state index in [2.05, 4.69) is 0 Å². The maximum Gasteiger partial charge on any atom is 0.265 e. The lowest BCUT2D eigenvalue weighted by atomic mass is 10.2. The van der Waals surface area contributed by atoms with Gasteiger partial charge >= 0.3 is 0 Å². The summed E-state index contributed by atoms with van der Waals surface area (Å²) < 4.78 is 37.6. The molecule has 1 aromatic heterocycles. The van der Waals surface area contributed by atoms with Crippen LogP contribution in [0, 0.1) is 0 Å². The Hall–Kier alpha value is -1.64. The Kier molecular flexibility index (Phi) is 7.47. The number of pyridine rings is 1. The zero-order chi connectivity index (χ0) is 16.0. The number of halogens is 1. The number of benzene rings is 1. The molecule has 0 unspecified atom stereocenters. The van der Waals surface area contributed by atoms with E-state index in [0.717, 1.165) is 11.3 Å². The summed E-state index contributed by atoms with van der Waals surface area (Å²) in [7, 11) is -3.92. The molecule has 0 aliphatic heterocycles. The number of anilines is 1. The molecule has 2 rings (SSSR count). The molecule has 0 saturated carbocycles. The summed E-state index contributed by atoms with van der Waals surface area (Å²) in [5.74, 6) is 0.497. The summed E-state index contributed by atoms with van der Waals surface area (Å²) in [5.41, 5.74) is 7.15. The highest BCUT2D eigenvalue weighted by atomic mass is 79.9. The minimum Gasteiger partial charge on any atom is -0.487 e. The van der Waals surface area contributed by atoms with Gasteiger partial charge in [-0.2, -0.15) is 8.42 Å². The largest absolute Gasteiger partial charge is 0.487 e. The van der Waals surface area contributed by atoms with Gasteiger partial charge < -0.3 is 10.5 Å². The Morgan fingerprint density at radius 1 is 1.09 bits per heavy atom. The van der Waals surface area contributed by atoms with Crippen molar-refractivity contribution in [2.45, 2.75) is 13.0 Å². The minimum atomic E-state index is -3.92. The molecule has 8 heteroatoms. The molecule has 3 N–H and O–H groups in total. The number of nitrogen functional groups attached to an aromatic ring is 1. The van der Waals surface area contributed by atoms with Gasteiger partial charge in [-0.3, -0.25) is 4.55 Å². The molecule has 0 amide bonds. The van der Waals surface area contributed by atoms with Crippen LogP contribution in [-0.2, 0) is 23.1 Å². The van der Waals surface area contributed by atoms with Gasteiger partial charge in [0.25, 0.3) is 10.1 Å². The van der Waals surface area contributed by atoms with Crippen LogP contribution in [0.1, 0.15) is 5.56 Å². The van der Waals surface area contributed by atoms with Crippen LogP contribution in [0.5, 0.6) is 5.75 Å². The van der Waals surface area contributed by atoms with Crippen molar-refractivity contribution < 1.29 is 22.3 Å². The number of hydrogen-bond donors (Lipinski definition) is 2. The fraction of sp³-hybridized carbons (Fsp3) is 0.267. The van der Waals surface area contributed by atoms with E-state index in [1.165, 1.54) is 0 Å². The highest BCUT2D eigenvalue weighted by Crippen LogP contribution is 2.12. The normalized spacial score (nSPS) is 10.8. The molecular formula is C15H20BrN2O4S+. The molecule has 6 nitrogen and oxygen atoms in total. The number of nitrogens with two attached hydrogens (primary N) is 1. The van der Waals surface area contributed by atoms with Crippen LogP contribution in [0.4, 0.5) is 5.69 Å². The van der Waals surface area contributed by atoms with Gasteiger partial charge in [0.2, 0.25) is 0 Å². The molecule has 0 bridgehead atoms. The first-order chi connectivity index (χ1) is 10.4. The summed E-state index contributed by atoms with van der Waals surface area (Å²) in [6.45, 7) is 1.18. The van der Waals surface area contributed by atoms with Crippen LogP contribution < -0.4 is 15.0 Å². The second-order valence-electron chi connectivity index (χ2n) is 4.90. The van der Waals surface area contributed by atoms with Crippen molar-refractivity contribution in [3.05, 3.63) is 54.4 Å². The summed E-state index contributed by atoms with van der Waals surface area (Å²) >= 11 is 0. The lowest BCUT2D eigenvalue weighted by molar-refractivity contribution is -0.697. The van der Waals surface area contributed by atoms with Crippen molar-refractivity contribution in [3.63, 3.8) is 0 Å². The van der Waals surface area contributed by atoms with E-state index in [4.69, 9.17) is 15.0 Å². The SMILES string of the molecule is Br.Nc1ccc(OCC[n+]2ccc(CCS(=O)(=O)O)cc2)cc1. The van der Waals surface area contributed by atoms with E-state index < -0.39 is 10.1 Å². The van der Waals surface area contributed by atoms with Gasteiger partial charge in [-0.15, -0.1) is 17.0 Å². The van der Waals surface area contributed by atoms with E-state index in [1.54, 1.807) is 12.1 Å². The maximum atomic E-state index is 10.7. The maximum absolute atomic E-state index is 10.7. The van der Waals surface area contributed by atoms with E-state index in [0.29, 0.717) is 25.3 Å². The molecule has 0 spiro atoms. The summed E-state index contributed by atoms with van der Waals surface area (Å²) in [6, 6.07) is 10.9. The third-order valence-corrected chi connectivity index (χ3v) is 3.83. The standard InChI is InChI=1S/C15H18N2O4S.BrH/c16-14-1-3-15(4-2-14)21-11-10-17-8-5-13(6-9-17)7-12-22(18,19)20;/h1-6,8-9H,7,10-12,16H2;1H/p+1. The Morgan fingerprint density at radius 3 is 2.26 bits per heavy atom. The number of aryl methyl sites for hydroxylation is 1. The molecular weight excluding hydrogens is 384 g/mol. The van der Waals surface area contributed by atoms with Crippen molar-refractivity contribution in [1.82, 2.24) is 0 Å². The van der Waals surface area contributed by atoms with Gasteiger partial charge in [0, 0.05) is 17.8 Å². The number of aromatic nitrogens is 1. The monoisotopic (exact) mass is 403 g/mol. The average Bonchev–Trinajstić information content (AvgIpc) is 2.48. The molecule has 0 fully saturated rings. The average molecular weight is 404 g/mol. The molecule has 0 radical (unpaired) electrons. The number of rotatable bonds is 7. The molecule has 0 aliphatic carbocycles. The third-order valence-electron chi connectivity index (χ3n) is 3.11. The van der Waals surface area contributed by atoms with Crippen LogP contribution >= 0.6 is 17.0 Å². The summed E-state index contributed by atoms with van der Waals surface area (Å²) in [4.78, 5) is 0. The van der Waals surface area contributed by atoms with Crippen LogP contribution in [0.15, 0.2) is 48.8 Å². The number of ether oxygens (including phenoxy) is 1. The predicted molar refractivity (Wildman–Crippen MR) is 93.4 cm³/mol.